The summed E-state index contributed by atoms with van der Waals surface area (Å²) in [6.07, 6.45) is 7.86. The molecule has 0 spiro atoms. The Kier molecular flexibility index (Phi) is 6.80. The van der Waals surface area contributed by atoms with Gasteiger partial charge in [0.25, 0.3) is 0 Å². The van der Waals surface area contributed by atoms with Crippen molar-refractivity contribution in [2.45, 2.75) is 44.2 Å². The Morgan fingerprint density at radius 3 is 2.73 bits per heavy atom. The van der Waals surface area contributed by atoms with Gasteiger partial charge >= 0.3 is 0 Å². The highest BCUT2D eigenvalue weighted by atomic mass is 19.1. The van der Waals surface area contributed by atoms with E-state index in [1.54, 1.807) is 19.3 Å². The molecule has 0 atom stereocenters. The first-order chi connectivity index (χ1) is 12.7. The number of nitrogens with one attached hydrogen (secondary N) is 2. The number of nitrogens with zero attached hydrogens (tertiary/aromatic N) is 3. The number of aliphatic imine (C=N–C) groups is 1. The average molecular weight is 363 g/mol. The predicted molar refractivity (Wildman–Crippen MR) is 101 cm³/mol. The second-order valence-electron chi connectivity index (χ2n) is 7.10. The highest BCUT2D eigenvalue weighted by molar-refractivity contribution is 5.79. The van der Waals surface area contributed by atoms with Crippen LogP contribution in [0.3, 0.4) is 0 Å². The minimum atomic E-state index is -0.299. The van der Waals surface area contributed by atoms with Gasteiger partial charge in [0.05, 0.1) is 25.5 Å². The number of aromatic nitrogens is 1. The minimum absolute atomic E-state index is 0.163. The molecule has 1 aromatic heterocycles. The quantitative estimate of drug-likeness (QED) is 0.618. The maximum absolute atomic E-state index is 13.7. The zero-order valence-corrected chi connectivity index (χ0v) is 15.6. The van der Waals surface area contributed by atoms with Crippen LogP contribution in [0.2, 0.25) is 0 Å². The lowest BCUT2D eigenvalue weighted by Crippen LogP contribution is -2.60. The van der Waals surface area contributed by atoms with E-state index < -0.39 is 0 Å². The highest BCUT2D eigenvalue weighted by Gasteiger charge is 2.38. The van der Waals surface area contributed by atoms with Crippen molar-refractivity contribution in [3.8, 4) is 0 Å². The summed E-state index contributed by atoms with van der Waals surface area (Å²) in [7, 11) is 1.74. The van der Waals surface area contributed by atoms with Crippen molar-refractivity contribution in [1.82, 2.24) is 20.5 Å². The second-order valence-corrected chi connectivity index (χ2v) is 7.10. The predicted octanol–water partition coefficient (Wildman–Crippen LogP) is 1.92. The number of hydrogen-bond acceptors (Lipinski definition) is 4. The largest absolute Gasteiger partial charge is 0.379 e. The molecule has 0 unspecified atom stereocenters. The zero-order valence-electron chi connectivity index (χ0n) is 15.6. The Balaban J connectivity index is 1.58. The molecule has 2 heterocycles. The summed E-state index contributed by atoms with van der Waals surface area (Å²) in [5.74, 6) is 0.390. The molecule has 1 aliphatic carbocycles. The normalized spacial score (nSPS) is 21.4. The Hall–Kier alpha value is -1.73. The summed E-state index contributed by atoms with van der Waals surface area (Å²) < 4.78 is 19.3. The van der Waals surface area contributed by atoms with Gasteiger partial charge < -0.3 is 15.4 Å². The van der Waals surface area contributed by atoms with Crippen LogP contribution in [0.25, 0.3) is 0 Å². The molecule has 1 saturated carbocycles. The lowest BCUT2D eigenvalue weighted by molar-refractivity contribution is -0.0352. The first-order valence-electron chi connectivity index (χ1n) is 9.60. The van der Waals surface area contributed by atoms with Gasteiger partial charge in [-0.05, 0) is 25.0 Å². The van der Waals surface area contributed by atoms with E-state index in [9.17, 15) is 4.39 Å². The van der Waals surface area contributed by atoms with Crippen molar-refractivity contribution in [3.05, 3.63) is 29.8 Å². The van der Waals surface area contributed by atoms with E-state index in [1.807, 2.05) is 0 Å². The topological polar surface area (TPSA) is 61.8 Å². The van der Waals surface area contributed by atoms with E-state index in [4.69, 9.17) is 4.74 Å². The molecule has 1 aliphatic heterocycles. The van der Waals surface area contributed by atoms with E-state index in [1.165, 1.54) is 38.2 Å². The number of guanidine groups is 1. The van der Waals surface area contributed by atoms with E-state index in [0.717, 1.165) is 32.8 Å². The van der Waals surface area contributed by atoms with Crippen molar-refractivity contribution in [1.29, 1.82) is 0 Å². The van der Waals surface area contributed by atoms with Crippen LogP contribution in [0.15, 0.2) is 23.3 Å². The fraction of sp³-hybridized carbons (Fsp3) is 0.684. The Morgan fingerprint density at radius 1 is 1.27 bits per heavy atom. The summed E-state index contributed by atoms with van der Waals surface area (Å²) in [6.45, 7) is 4.77. The third-order valence-electron chi connectivity index (χ3n) is 5.53. The van der Waals surface area contributed by atoms with E-state index in [-0.39, 0.29) is 11.4 Å². The molecular weight excluding hydrogens is 333 g/mol. The fourth-order valence-corrected chi connectivity index (χ4v) is 4.04. The molecule has 144 valence electrons. The van der Waals surface area contributed by atoms with Crippen LogP contribution in [0, 0.1) is 5.82 Å². The minimum Gasteiger partial charge on any atom is -0.379 e. The van der Waals surface area contributed by atoms with Crippen LogP contribution in [0.5, 0.6) is 0 Å². The van der Waals surface area contributed by atoms with Gasteiger partial charge in [-0.2, -0.15) is 0 Å². The van der Waals surface area contributed by atoms with Crippen molar-refractivity contribution in [2.24, 2.45) is 4.99 Å². The maximum atomic E-state index is 13.7. The van der Waals surface area contributed by atoms with Gasteiger partial charge in [0.2, 0.25) is 0 Å². The van der Waals surface area contributed by atoms with Gasteiger partial charge in [-0.25, -0.2) is 4.39 Å². The van der Waals surface area contributed by atoms with Crippen LogP contribution in [0.1, 0.15) is 37.8 Å². The molecule has 0 amide bonds. The van der Waals surface area contributed by atoms with Crippen LogP contribution < -0.4 is 10.6 Å². The summed E-state index contributed by atoms with van der Waals surface area (Å²) in [4.78, 5) is 11.0. The molecule has 2 N–H and O–H groups in total. The standard InChI is InChI=1S/C19H30FN5O/c1-21-18(23-14-17-16(20)6-5-9-22-17)24-15-19(7-3-2-4-8-19)25-10-12-26-13-11-25/h5-6,9H,2-4,7-8,10-15H2,1H3,(H2,21,23,24). The summed E-state index contributed by atoms with van der Waals surface area (Å²) in [5.41, 5.74) is 0.562. The van der Waals surface area contributed by atoms with E-state index >= 15 is 0 Å². The molecule has 2 fully saturated rings. The number of ether oxygens (including phenoxy) is 1. The Morgan fingerprint density at radius 2 is 2.04 bits per heavy atom. The third kappa shape index (κ3) is 4.71. The van der Waals surface area contributed by atoms with Gasteiger partial charge in [0, 0.05) is 38.4 Å². The lowest BCUT2D eigenvalue weighted by atomic mass is 9.80. The molecule has 0 bridgehead atoms. The van der Waals surface area contributed by atoms with Gasteiger partial charge in [-0.3, -0.25) is 14.9 Å². The maximum Gasteiger partial charge on any atom is 0.191 e. The molecule has 7 heteroatoms. The zero-order chi connectivity index (χ0) is 18.2. The van der Waals surface area contributed by atoms with Gasteiger partial charge in [-0.1, -0.05) is 19.3 Å². The summed E-state index contributed by atoms with van der Waals surface area (Å²) in [6, 6.07) is 3.02. The number of rotatable bonds is 5. The Labute approximate surface area is 155 Å². The molecule has 1 saturated heterocycles. The van der Waals surface area contributed by atoms with E-state index in [0.29, 0.717) is 18.2 Å². The lowest BCUT2D eigenvalue weighted by Gasteiger charge is -2.48. The average Bonchev–Trinajstić information content (AvgIpc) is 2.71. The molecule has 26 heavy (non-hydrogen) atoms. The van der Waals surface area contributed by atoms with Crippen molar-refractivity contribution < 1.29 is 9.13 Å². The van der Waals surface area contributed by atoms with Crippen LogP contribution in [-0.4, -0.2) is 61.3 Å². The fourth-order valence-electron chi connectivity index (χ4n) is 4.04. The van der Waals surface area contributed by atoms with Crippen LogP contribution in [-0.2, 0) is 11.3 Å². The summed E-state index contributed by atoms with van der Waals surface area (Å²) in [5, 5.41) is 6.65. The number of morpholine rings is 1. The smallest absolute Gasteiger partial charge is 0.191 e. The highest BCUT2D eigenvalue weighted by Crippen LogP contribution is 2.33. The van der Waals surface area contributed by atoms with Crippen molar-refractivity contribution in [2.75, 3.05) is 39.9 Å². The SMILES string of the molecule is CN=C(NCc1ncccc1F)NCC1(N2CCOCC2)CCCCC1. The van der Waals surface area contributed by atoms with E-state index in [2.05, 4.69) is 25.5 Å². The molecular formula is C19H30FN5O. The molecule has 0 radical (unpaired) electrons. The molecule has 2 aliphatic rings. The number of halogens is 1. The van der Waals surface area contributed by atoms with Crippen LogP contribution in [0.4, 0.5) is 4.39 Å². The Bertz CT molecular complexity index is 597. The number of hydrogen-bond donors (Lipinski definition) is 2. The van der Waals surface area contributed by atoms with Gasteiger partial charge in [-0.15, -0.1) is 0 Å². The molecule has 6 nitrogen and oxygen atoms in total. The van der Waals surface area contributed by atoms with Crippen molar-refractivity contribution in [3.63, 3.8) is 0 Å². The number of pyridine rings is 1. The summed E-state index contributed by atoms with van der Waals surface area (Å²) >= 11 is 0. The van der Waals surface area contributed by atoms with Crippen LogP contribution >= 0.6 is 0 Å². The molecule has 3 rings (SSSR count). The first-order valence-corrected chi connectivity index (χ1v) is 9.60. The van der Waals surface area contributed by atoms with Gasteiger partial charge in [0.1, 0.15) is 5.82 Å². The molecule has 0 aromatic carbocycles. The molecule has 1 aromatic rings. The van der Waals surface area contributed by atoms with Crippen molar-refractivity contribution >= 4 is 5.96 Å². The monoisotopic (exact) mass is 363 g/mol. The third-order valence-corrected chi connectivity index (χ3v) is 5.53. The van der Waals surface area contributed by atoms with Gasteiger partial charge in [0.15, 0.2) is 5.96 Å². The second kappa shape index (κ2) is 9.28. The first kappa shape index (κ1) is 19.0.